The van der Waals surface area contributed by atoms with Crippen LogP contribution in [0.15, 0.2) is 30.3 Å². The Kier molecular flexibility index (Phi) is 2.86. The van der Waals surface area contributed by atoms with Gasteiger partial charge in [0.25, 0.3) is 0 Å². The second-order valence-corrected chi connectivity index (χ2v) is 4.79. The van der Waals surface area contributed by atoms with Gasteiger partial charge in [0.15, 0.2) is 28.8 Å². The van der Waals surface area contributed by atoms with Gasteiger partial charge in [0.2, 0.25) is 0 Å². The molecule has 0 fully saturated rings. The smallest absolute Gasteiger partial charge is 0.174 e. The summed E-state index contributed by atoms with van der Waals surface area (Å²) in [4.78, 5) is 12.1. The number of phenols is 4. The van der Waals surface area contributed by atoms with Crippen molar-refractivity contribution >= 4 is 5.78 Å². The molecular formula is C15H12O6. The highest BCUT2D eigenvalue weighted by Crippen LogP contribution is 2.43. The Morgan fingerprint density at radius 3 is 2.38 bits per heavy atom. The minimum atomic E-state index is -0.638. The zero-order chi connectivity index (χ0) is 15.1. The number of aromatic hydroxyl groups is 4. The molecule has 6 nitrogen and oxygen atoms in total. The number of rotatable bonds is 1. The molecule has 3 rings (SSSR count). The first-order valence-electron chi connectivity index (χ1n) is 6.24. The highest BCUT2D eigenvalue weighted by molar-refractivity contribution is 6.03. The van der Waals surface area contributed by atoms with E-state index in [2.05, 4.69) is 0 Å². The average Bonchev–Trinajstić information content (AvgIpc) is 2.45. The molecule has 21 heavy (non-hydrogen) atoms. The van der Waals surface area contributed by atoms with E-state index >= 15 is 0 Å². The maximum atomic E-state index is 12.1. The predicted octanol–water partition coefficient (Wildman–Crippen LogP) is 2.22. The minimum Gasteiger partial charge on any atom is -0.504 e. The fourth-order valence-electron chi connectivity index (χ4n) is 2.32. The van der Waals surface area contributed by atoms with Gasteiger partial charge in [-0.25, -0.2) is 0 Å². The van der Waals surface area contributed by atoms with Gasteiger partial charge in [0.1, 0.15) is 17.4 Å². The SMILES string of the molecule is O=C1CC(c2ccc(O)c(O)c2)Oc2ccc(O)c(O)c21. The standard InChI is InChI=1S/C15H12O6/c16-8-2-1-7(5-10(8)18)13-6-11(19)14-12(21-13)4-3-9(17)15(14)20/h1-5,13,16-18,20H,6H2. The van der Waals surface area contributed by atoms with Crippen LogP contribution < -0.4 is 4.74 Å². The molecule has 0 bridgehead atoms. The highest BCUT2D eigenvalue weighted by atomic mass is 16.5. The third-order valence-corrected chi connectivity index (χ3v) is 3.41. The van der Waals surface area contributed by atoms with Crippen molar-refractivity contribution in [2.75, 3.05) is 0 Å². The zero-order valence-corrected chi connectivity index (χ0v) is 10.8. The molecule has 1 atom stereocenters. The van der Waals surface area contributed by atoms with Gasteiger partial charge in [-0.3, -0.25) is 4.79 Å². The third kappa shape index (κ3) is 2.10. The number of hydrogen-bond acceptors (Lipinski definition) is 6. The summed E-state index contributed by atoms with van der Waals surface area (Å²) in [6.07, 6.45) is -0.686. The monoisotopic (exact) mass is 288 g/mol. The predicted molar refractivity (Wildman–Crippen MR) is 71.9 cm³/mol. The summed E-state index contributed by atoms with van der Waals surface area (Å²) >= 11 is 0. The van der Waals surface area contributed by atoms with Crippen LogP contribution in [0.5, 0.6) is 28.7 Å². The van der Waals surface area contributed by atoms with Crippen molar-refractivity contribution in [3.63, 3.8) is 0 Å². The van der Waals surface area contributed by atoms with Crippen LogP contribution in [0.2, 0.25) is 0 Å². The Balaban J connectivity index is 2.00. The largest absolute Gasteiger partial charge is 0.504 e. The average molecular weight is 288 g/mol. The molecule has 2 aromatic rings. The van der Waals surface area contributed by atoms with E-state index in [1.807, 2.05) is 0 Å². The Bertz CT molecular complexity index is 737. The van der Waals surface area contributed by atoms with E-state index in [4.69, 9.17) is 4.74 Å². The number of ether oxygens (including phenoxy) is 1. The first-order valence-corrected chi connectivity index (χ1v) is 6.24. The lowest BCUT2D eigenvalue weighted by Crippen LogP contribution is -2.20. The Hall–Kier alpha value is -2.89. The van der Waals surface area contributed by atoms with Crippen molar-refractivity contribution in [3.05, 3.63) is 41.5 Å². The van der Waals surface area contributed by atoms with Crippen molar-refractivity contribution in [2.24, 2.45) is 0 Å². The topological polar surface area (TPSA) is 107 Å². The van der Waals surface area contributed by atoms with Crippen LogP contribution in [0.25, 0.3) is 0 Å². The number of carbonyl (C=O) groups is 1. The number of ketones is 1. The Labute approximate surface area is 119 Å². The second kappa shape index (κ2) is 4.59. The van der Waals surface area contributed by atoms with Crippen molar-refractivity contribution in [3.8, 4) is 28.7 Å². The van der Waals surface area contributed by atoms with Crippen LogP contribution in [-0.2, 0) is 0 Å². The van der Waals surface area contributed by atoms with Crippen LogP contribution in [0.1, 0.15) is 28.4 Å². The zero-order valence-electron chi connectivity index (χ0n) is 10.8. The van der Waals surface area contributed by atoms with Crippen LogP contribution in [0, 0.1) is 0 Å². The molecule has 0 aliphatic carbocycles. The molecule has 0 amide bonds. The molecule has 0 spiro atoms. The van der Waals surface area contributed by atoms with Crippen molar-refractivity contribution in [1.29, 1.82) is 0 Å². The van der Waals surface area contributed by atoms with E-state index in [-0.39, 0.29) is 40.8 Å². The van der Waals surface area contributed by atoms with Crippen molar-refractivity contribution < 1.29 is 30.0 Å². The summed E-state index contributed by atoms with van der Waals surface area (Å²) in [5.74, 6) is -1.65. The fraction of sp³-hybridized carbons (Fsp3) is 0.133. The van der Waals surface area contributed by atoms with Gasteiger partial charge in [-0.05, 0) is 29.8 Å². The molecule has 108 valence electrons. The molecule has 4 N–H and O–H groups in total. The third-order valence-electron chi connectivity index (χ3n) is 3.41. The molecule has 1 aliphatic rings. The summed E-state index contributed by atoms with van der Waals surface area (Å²) < 4.78 is 5.63. The number of phenolic OH excluding ortho intramolecular Hbond substituents is 4. The number of benzene rings is 2. The number of Topliss-reactive ketones (excluding diaryl/α,β-unsaturated/α-hetero) is 1. The molecule has 0 radical (unpaired) electrons. The van der Waals surface area contributed by atoms with Crippen LogP contribution in [0.4, 0.5) is 0 Å². The van der Waals surface area contributed by atoms with Gasteiger partial charge in [-0.15, -0.1) is 0 Å². The molecule has 1 aliphatic heterocycles. The first-order chi connectivity index (χ1) is 9.97. The molecule has 6 heteroatoms. The van der Waals surface area contributed by atoms with Crippen LogP contribution in [0.3, 0.4) is 0 Å². The molecule has 0 saturated carbocycles. The van der Waals surface area contributed by atoms with E-state index in [9.17, 15) is 25.2 Å². The van der Waals surface area contributed by atoms with Gasteiger partial charge < -0.3 is 25.2 Å². The van der Waals surface area contributed by atoms with E-state index in [0.717, 1.165) is 0 Å². The molecule has 1 heterocycles. The number of fused-ring (bicyclic) bond motifs is 1. The maximum absolute atomic E-state index is 12.1. The van der Waals surface area contributed by atoms with E-state index in [1.165, 1.54) is 30.3 Å². The van der Waals surface area contributed by atoms with Gasteiger partial charge >= 0.3 is 0 Å². The normalized spacial score (nSPS) is 17.1. The summed E-state index contributed by atoms with van der Waals surface area (Å²) in [6, 6.07) is 6.80. The summed E-state index contributed by atoms with van der Waals surface area (Å²) in [5, 5.41) is 38.0. The minimum absolute atomic E-state index is 0.0470. The quantitative estimate of drug-likeness (QED) is 0.599. The van der Waals surface area contributed by atoms with Gasteiger partial charge in [-0.2, -0.15) is 0 Å². The molecule has 0 saturated heterocycles. The molecule has 1 unspecified atom stereocenters. The highest BCUT2D eigenvalue weighted by Gasteiger charge is 2.31. The summed E-state index contributed by atoms with van der Waals surface area (Å²) in [5.41, 5.74) is 0.478. The molecular weight excluding hydrogens is 276 g/mol. The van der Waals surface area contributed by atoms with E-state index < -0.39 is 11.9 Å². The lowest BCUT2D eigenvalue weighted by atomic mass is 9.95. The lowest BCUT2D eigenvalue weighted by Gasteiger charge is -2.26. The van der Waals surface area contributed by atoms with E-state index in [1.54, 1.807) is 0 Å². The van der Waals surface area contributed by atoms with E-state index in [0.29, 0.717) is 5.56 Å². The lowest BCUT2D eigenvalue weighted by molar-refractivity contribution is 0.0843. The van der Waals surface area contributed by atoms with Crippen molar-refractivity contribution in [1.82, 2.24) is 0 Å². The van der Waals surface area contributed by atoms with Crippen LogP contribution in [-0.4, -0.2) is 26.2 Å². The maximum Gasteiger partial charge on any atom is 0.174 e. The summed E-state index contributed by atoms with van der Waals surface area (Å²) in [7, 11) is 0. The number of hydrogen-bond donors (Lipinski definition) is 4. The molecule has 2 aromatic carbocycles. The van der Waals surface area contributed by atoms with Crippen molar-refractivity contribution in [2.45, 2.75) is 12.5 Å². The fourth-order valence-corrected chi connectivity index (χ4v) is 2.32. The van der Waals surface area contributed by atoms with Gasteiger partial charge in [0, 0.05) is 0 Å². The Morgan fingerprint density at radius 2 is 1.67 bits per heavy atom. The second-order valence-electron chi connectivity index (χ2n) is 4.79. The summed E-state index contributed by atoms with van der Waals surface area (Å²) in [6.45, 7) is 0. The van der Waals surface area contributed by atoms with Crippen LogP contribution >= 0.6 is 0 Å². The van der Waals surface area contributed by atoms with Gasteiger partial charge in [-0.1, -0.05) is 6.07 Å². The van der Waals surface area contributed by atoms with Gasteiger partial charge in [0.05, 0.1) is 6.42 Å². The Morgan fingerprint density at radius 1 is 0.952 bits per heavy atom. The molecule has 0 aromatic heterocycles. The first kappa shape index (κ1) is 13.1. The number of carbonyl (C=O) groups excluding carboxylic acids is 1.